The Hall–Kier alpha value is -0.0400. The topological polar surface area (TPSA) is 12.0 Å². The second-order valence-electron chi connectivity index (χ2n) is 4.92. The standard InChI is InChI=1S/C10H21N/c1-8-6-5-7-11-9(8)10(2,3)4/h8-9,11H,5-7H2,1-4H3/t8?,9-/m1/s1. The number of nitrogens with one attached hydrogen (secondary N) is 1. The molecular weight excluding hydrogens is 134 g/mol. The van der Waals surface area contributed by atoms with Crippen LogP contribution in [0.3, 0.4) is 0 Å². The van der Waals surface area contributed by atoms with Crippen LogP contribution in [-0.2, 0) is 0 Å². The normalized spacial score (nSPS) is 33.8. The third-order valence-electron chi connectivity index (χ3n) is 2.70. The van der Waals surface area contributed by atoms with Crippen LogP contribution < -0.4 is 5.32 Å². The number of piperidine rings is 1. The SMILES string of the molecule is CC1CCCN[C@H]1C(C)(C)C. The fourth-order valence-electron chi connectivity index (χ4n) is 2.21. The highest BCUT2D eigenvalue weighted by Crippen LogP contribution is 2.29. The Balaban J connectivity index is 2.55. The summed E-state index contributed by atoms with van der Waals surface area (Å²) < 4.78 is 0. The molecule has 1 unspecified atom stereocenters. The predicted molar refractivity (Wildman–Crippen MR) is 49.6 cm³/mol. The molecule has 1 heteroatoms. The summed E-state index contributed by atoms with van der Waals surface area (Å²) >= 11 is 0. The minimum atomic E-state index is 0.430. The fourth-order valence-corrected chi connectivity index (χ4v) is 2.21. The molecule has 1 N–H and O–H groups in total. The van der Waals surface area contributed by atoms with Crippen molar-refractivity contribution in [2.75, 3.05) is 6.54 Å². The molecule has 1 heterocycles. The van der Waals surface area contributed by atoms with Crippen molar-refractivity contribution in [1.82, 2.24) is 5.32 Å². The van der Waals surface area contributed by atoms with E-state index in [2.05, 4.69) is 33.0 Å². The molecule has 0 spiro atoms. The van der Waals surface area contributed by atoms with E-state index < -0.39 is 0 Å². The minimum absolute atomic E-state index is 0.430. The lowest BCUT2D eigenvalue weighted by atomic mass is 9.76. The molecule has 0 saturated carbocycles. The van der Waals surface area contributed by atoms with E-state index in [1.807, 2.05) is 0 Å². The summed E-state index contributed by atoms with van der Waals surface area (Å²) in [6.45, 7) is 10.6. The predicted octanol–water partition coefficient (Wildman–Crippen LogP) is 2.42. The highest BCUT2D eigenvalue weighted by molar-refractivity contribution is 4.87. The summed E-state index contributed by atoms with van der Waals surface area (Å²) in [5.74, 6) is 0.851. The van der Waals surface area contributed by atoms with Crippen molar-refractivity contribution in [2.45, 2.75) is 46.6 Å². The van der Waals surface area contributed by atoms with Gasteiger partial charge >= 0.3 is 0 Å². The molecule has 1 saturated heterocycles. The van der Waals surface area contributed by atoms with Gasteiger partial charge in [-0.25, -0.2) is 0 Å². The van der Waals surface area contributed by atoms with Gasteiger partial charge in [-0.1, -0.05) is 27.7 Å². The summed E-state index contributed by atoms with van der Waals surface area (Å²) in [6.07, 6.45) is 2.75. The summed E-state index contributed by atoms with van der Waals surface area (Å²) in [5.41, 5.74) is 0.430. The van der Waals surface area contributed by atoms with Crippen LogP contribution in [0.4, 0.5) is 0 Å². The van der Waals surface area contributed by atoms with Crippen molar-refractivity contribution in [1.29, 1.82) is 0 Å². The Bertz CT molecular complexity index is 123. The first kappa shape index (κ1) is 9.05. The zero-order valence-electron chi connectivity index (χ0n) is 8.28. The van der Waals surface area contributed by atoms with Gasteiger partial charge in [-0.05, 0) is 30.7 Å². The second kappa shape index (κ2) is 3.14. The molecule has 0 bridgehead atoms. The van der Waals surface area contributed by atoms with E-state index in [1.165, 1.54) is 19.4 Å². The summed E-state index contributed by atoms with van der Waals surface area (Å²) in [4.78, 5) is 0. The van der Waals surface area contributed by atoms with Gasteiger partial charge in [-0.15, -0.1) is 0 Å². The van der Waals surface area contributed by atoms with Gasteiger partial charge in [0, 0.05) is 6.04 Å². The molecule has 0 aromatic heterocycles. The van der Waals surface area contributed by atoms with E-state index in [-0.39, 0.29) is 0 Å². The van der Waals surface area contributed by atoms with Crippen LogP contribution in [0.5, 0.6) is 0 Å². The van der Waals surface area contributed by atoms with Crippen molar-refractivity contribution >= 4 is 0 Å². The maximum atomic E-state index is 3.61. The first-order valence-corrected chi connectivity index (χ1v) is 4.75. The Labute approximate surface area is 70.6 Å². The zero-order chi connectivity index (χ0) is 8.48. The quantitative estimate of drug-likeness (QED) is 0.566. The number of rotatable bonds is 0. The molecule has 1 aliphatic heterocycles. The molecule has 0 aromatic rings. The lowest BCUT2D eigenvalue weighted by Gasteiger charge is -2.39. The molecule has 0 radical (unpaired) electrons. The lowest BCUT2D eigenvalue weighted by molar-refractivity contribution is 0.167. The van der Waals surface area contributed by atoms with Crippen LogP contribution in [0.25, 0.3) is 0 Å². The summed E-state index contributed by atoms with van der Waals surface area (Å²) in [5, 5.41) is 3.61. The van der Waals surface area contributed by atoms with Gasteiger partial charge in [0.1, 0.15) is 0 Å². The Morgan fingerprint density at radius 1 is 1.27 bits per heavy atom. The maximum Gasteiger partial charge on any atom is 0.0141 e. The number of hydrogen-bond acceptors (Lipinski definition) is 1. The first-order valence-electron chi connectivity index (χ1n) is 4.75. The van der Waals surface area contributed by atoms with E-state index >= 15 is 0 Å². The molecule has 0 amide bonds. The molecule has 66 valence electrons. The molecule has 11 heavy (non-hydrogen) atoms. The van der Waals surface area contributed by atoms with Gasteiger partial charge in [0.25, 0.3) is 0 Å². The molecule has 1 nitrogen and oxygen atoms in total. The van der Waals surface area contributed by atoms with Gasteiger partial charge in [-0.3, -0.25) is 0 Å². The third kappa shape index (κ3) is 2.19. The van der Waals surface area contributed by atoms with Crippen LogP contribution >= 0.6 is 0 Å². The van der Waals surface area contributed by atoms with Gasteiger partial charge in [0.2, 0.25) is 0 Å². The zero-order valence-corrected chi connectivity index (χ0v) is 8.28. The average Bonchev–Trinajstić information content (AvgIpc) is 1.86. The molecule has 0 aliphatic carbocycles. The maximum absolute atomic E-state index is 3.61. The fraction of sp³-hybridized carbons (Fsp3) is 1.00. The lowest BCUT2D eigenvalue weighted by Crippen LogP contribution is -2.48. The summed E-state index contributed by atoms with van der Waals surface area (Å²) in [6, 6.07) is 0.719. The Morgan fingerprint density at radius 2 is 1.91 bits per heavy atom. The first-order chi connectivity index (χ1) is 5.02. The highest BCUT2D eigenvalue weighted by atomic mass is 14.9. The molecule has 2 atom stereocenters. The molecular formula is C10H21N. The van der Waals surface area contributed by atoms with Crippen LogP contribution in [0.1, 0.15) is 40.5 Å². The van der Waals surface area contributed by atoms with Gasteiger partial charge in [0.05, 0.1) is 0 Å². The van der Waals surface area contributed by atoms with E-state index in [1.54, 1.807) is 0 Å². The van der Waals surface area contributed by atoms with Crippen molar-refractivity contribution in [2.24, 2.45) is 11.3 Å². The minimum Gasteiger partial charge on any atom is -0.313 e. The van der Waals surface area contributed by atoms with Crippen molar-refractivity contribution in [3.8, 4) is 0 Å². The average molecular weight is 155 g/mol. The highest BCUT2D eigenvalue weighted by Gasteiger charge is 2.30. The van der Waals surface area contributed by atoms with E-state index in [4.69, 9.17) is 0 Å². The van der Waals surface area contributed by atoms with Crippen molar-refractivity contribution in [3.63, 3.8) is 0 Å². The smallest absolute Gasteiger partial charge is 0.0141 e. The third-order valence-corrected chi connectivity index (χ3v) is 2.70. The van der Waals surface area contributed by atoms with Crippen LogP contribution in [0.15, 0.2) is 0 Å². The largest absolute Gasteiger partial charge is 0.313 e. The van der Waals surface area contributed by atoms with E-state index in [0.29, 0.717) is 5.41 Å². The molecule has 1 aliphatic rings. The van der Waals surface area contributed by atoms with Gasteiger partial charge in [-0.2, -0.15) is 0 Å². The number of hydrogen-bond donors (Lipinski definition) is 1. The van der Waals surface area contributed by atoms with E-state index in [9.17, 15) is 0 Å². The molecule has 1 rings (SSSR count). The Morgan fingerprint density at radius 3 is 2.27 bits per heavy atom. The van der Waals surface area contributed by atoms with Crippen molar-refractivity contribution in [3.05, 3.63) is 0 Å². The monoisotopic (exact) mass is 155 g/mol. The Kier molecular flexibility index (Phi) is 2.58. The van der Waals surface area contributed by atoms with Crippen LogP contribution in [-0.4, -0.2) is 12.6 Å². The molecule has 0 aromatic carbocycles. The van der Waals surface area contributed by atoms with Crippen LogP contribution in [0.2, 0.25) is 0 Å². The molecule has 1 fully saturated rings. The van der Waals surface area contributed by atoms with Crippen LogP contribution in [0, 0.1) is 11.3 Å². The van der Waals surface area contributed by atoms with E-state index in [0.717, 1.165) is 12.0 Å². The van der Waals surface area contributed by atoms with Gasteiger partial charge in [0.15, 0.2) is 0 Å². The van der Waals surface area contributed by atoms with Gasteiger partial charge < -0.3 is 5.32 Å². The summed E-state index contributed by atoms with van der Waals surface area (Å²) in [7, 11) is 0. The van der Waals surface area contributed by atoms with Crippen molar-refractivity contribution < 1.29 is 0 Å². The second-order valence-corrected chi connectivity index (χ2v) is 4.92.